The molecular formula is C28H42O7. The highest BCUT2D eigenvalue weighted by Crippen LogP contribution is 2.70. The molecule has 4 N–H and O–H groups in total. The summed E-state index contributed by atoms with van der Waals surface area (Å²) in [5, 5.41) is 46.7. The third-order valence-electron chi connectivity index (χ3n) is 10.7. The van der Waals surface area contributed by atoms with Gasteiger partial charge in [0, 0.05) is 12.0 Å². The lowest BCUT2D eigenvalue weighted by atomic mass is 9.42. The third-order valence-corrected chi connectivity index (χ3v) is 10.7. The van der Waals surface area contributed by atoms with E-state index in [2.05, 4.69) is 6.92 Å². The second-order valence-corrected chi connectivity index (χ2v) is 12.4. The van der Waals surface area contributed by atoms with Crippen molar-refractivity contribution in [1.29, 1.82) is 0 Å². The van der Waals surface area contributed by atoms with E-state index in [0.29, 0.717) is 19.3 Å². The number of hydrogen-bond donors (Lipinski definition) is 4. The van der Waals surface area contributed by atoms with Crippen LogP contribution in [0.15, 0.2) is 23.3 Å². The van der Waals surface area contributed by atoms with Crippen molar-refractivity contribution in [3.05, 3.63) is 23.3 Å². The van der Waals surface area contributed by atoms with E-state index in [0.717, 1.165) is 11.1 Å². The molecule has 4 rings (SSSR count). The molecule has 3 fully saturated rings. The van der Waals surface area contributed by atoms with E-state index in [1.807, 2.05) is 26.8 Å². The van der Waals surface area contributed by atoms with E-state index in [-0.39, 0.29) is 31.6 Å². The van der Waals surface area contributed by atoms with Crippen molar-refractivity contribution in [2.75, 3.05) is 0 Å². The van der Waals surface area contributed by atoms with Gasteiger partial charge in [0.05, 0.1) is 11.5 Å². The first-order valence-electron chi connectivity index (χ1n) is 13.0. The average molecular weight is 491 g/mol. The fourth-order valence-corrected chi connectivity index (χ4v) is 7.90. The van der Waals surface area contributed by atoms with E-state index >= 15 is 0 Å². The molecule has 196 valence electrons. The van der Waals surface area contributed by atoms with E-state index in [4.69, 9.17) is 4.74 Å². The topological polar surface area (TPSA) is 124 Å². The van der Waals surface area contributed by atoms with Gasteiger partial charge in [0.25, 0.3) is 0 Å². The fraction of sp³-hybridized carbons (Fsp3) is 0.786. The number of allylic oxidation sites excluding steroid dienone is 1. The maximum absolute atomic E-state index is 13.0. The van der Waals surface area contributed by atoms with Crippen LogP contribution in [0, 0.1) is 22.7 Å². The summed E-state index contributed by atoms with van der Waals surface area (Å²) in [6.07, 6.45) is 4.01. The second kappa shape index (κ2) is 8.23. The number of carbonyl (C=O) groups is 2. The fourth-order valence-electron chi connectivity index (χ4n) is 7.90. The van der Waals surface area contributed by atoms with E-state index in [1.54, 1.807) is 6.92 Å². The van der Waals surface area contributed by atoms with Gasteiger partial charge in [-0.3, -0.25) is 4.79 Å². The molecule has 35 heavy (non-hydrogen) atoms. The molecule has 0 bridgehead atoms. The van der Waals surface area contributed by atoms with Crippen LogP contribution in [0.1, 0.15) is 86.5 Å². The molecular weight excluding hydrogens is 448 g/mol. The Kier molecular flexibility index (Phi) is 6.24. The zero-order valence-electron chi connectivity index (χ0n) is 21.9. The Labute approximate surface area is 208 Å². The molecule has 0 saturated heterocycles. The molecule has 3 saturated carbocycles. The van der Waals surface area contributed by atoms with Crippen LogP contribution in [-0.2, 0) is 14.3 Å². The normalized spacial score (nSPS) is 47.5. The predicted molar refractivity (Wildman–Crippen MR) is 130 cm³/mol. The maximum Gasteiger partial charge on any atom is 0.330 e. The Morgan fingerprint density at radius 3 is 2.37 bits per heavy atom. The van der Waals surface area contributed by atoms with Gasteiger partial charge >= 0.3 is 5.97 Å². The number of Topliss-reactive ketones (excluding diaryl/α,β-unsaturated/α-hetero) is 1. The first-order chi connectivity index (χ1) is 16.1. The van der Waals surface area contributed by atoms with Crippen LogP contribution < -0.4 is 0 Å². The van der Waals surface area contributed by atoms with E-state index in [9.17, 15) is 30.0 Å². The van der Waals surface area contributed by atoms with Crippen LogP contribution in [0.2, 0.25) is 0 Å². The molecule has 0 heterocycles. The number of ether oxygens (including phenoxy) is 1. The summed E-state index contributed by atoms with van der Waals surface area (Å²) < 4.78 is 6.01. The van der Waals surface area contributed by atoms with Crippen molar-refractivity contribution in [2.24, 2.45) is 22.7 Å². The van der Waals surface area contributed by atoms with Gasteiger partial charge in [-0.05, 0) is 77.0 Å². The van der Waals surface area contributed by atoms with Gasteiger partial charge in [-0.2, -0.15) is 0 Å². The molecule has 0 aromatic carbocycles. The van der Waals surface area contributed by atoms with Crippen LogP contribution in [-0.4, -0.2) is 61.2 Å². The van der Waals surface area contributed by atoms with E-state index in [1.165, 1.54) is 13.0 Å². The number of esters is 1. The highest BCUT2D eigenvalue weighted by Gasteiger charge is 2.81. The quantitative estimate of drug-likeness (QED) is 0.271. The molecule has 7 nitrogen and oxygen atoms in total. The zero-order valence-corrected chi connectivity index (χ0v) is 21.9. The Hall–Kier alpha value is -1.54. The lowest BCUT2D eigenvalue weighted by Crippen LogP contribution is -2.78. The molecule has 0 aliphatic heterocycles. The third kappa shape index (κ3) is 3.38. The van der Waals surface area contributed by atoms with Gasteiger partial charge in [-0.15, -0.1) is 0 Å². The Bertz CT molecular complexity index is 984. The van der Waals surface area contributed by atoms with Crippen molar-refractivity contribution >= 4 is 11.8 Å². The lowest BCUT2D eigenvalue weighted by Gasteiger charge is -2.67. The van der Waals surface area contributed by atoms with Gasteiger partial charge in [-0.1, -0.05) is 38.0 Å². The van der Waals surface area contributed by atoms with Crippen LogP contribution in [0.4, 0.5) is 0 Å². The summed E-state index contributed by atoms with van der Waals surface area (Å²) in [4.78, 5) is 25.9. The summed E-state index contributed by atoms with van der Waals surface area (Å²) >= 11 is 0. The number of rotatable bonds is 4. The first-order valence-corrected chi connectivity index (χ1v) is 13.0. The minimum atomic E-state index is -1.95. The molecule has 7 heteroatoms. The average Bonchev–Trinajstić information content (AvgIpc) is 3.00. The highest BCUT2D eigenvalue weighted by atomic mass is 16.5. The van der Waals surface area contributed by atoms with Crippen molar-refractivity contribution in [3.8, 4) is 0 Å². The van der Waals surface area contributed by atoms with Gasteiger partial charge < -0.3 is 25.2 Å². The molecule has 8 atom stereocenters. The molecule has 0 unspecified atom stereocenters. The SMILES string of the molecule is CC(=O)[C@]1(O)CC[C@@]2(O)[C@]1(C)[C@@H](OC(=O)/C=C(\C)C(C)C)C[C@H]1[C@@]3(C)CC[C@H](O)CC3=CC[C@@]12O. The zero-order chi connectivity index (χ0) is 26.2. The van der Waals surface area contributed by atoms with Crippen molar-refractivity contribution in [2.45, 2.75) is 115 Å². The van der Waals surface area contributed by atoms with Crippen LogP contribution in [0.25, 0.3) is 0 Å². The molecule has 0 spiro atoms. The summed E-state index contributed by atoms with van der Waals surface area (Å²) in [5.41, 5.74) is -5.62. The minimum Gasteiger partial charge on any atom is -0.458 e. The smallest absolute Gasteiger partial charge is 0.330 e. The van der Waals surface area contributed by atoms with Crippen LogP contribution in [0.3, 0.4) is 0 Å². The van der Waals surface area contributed by atoms with Gasteiger partial charge in [0.15, 0.2) is 5.78 Å². The molecule has 4 aliphatic rings. The van der Waals surface area contributed by atoms with Crippen LogP contribution >= 0.6 is 0 Å². The summed E-state index contributed by atoms with van der Waals surface area (Å²) in [7, 11) is 0. The Balaban J connectivity index is 1.85. The molecule has 0 aromatic heterocycles. The van der Waals surface area contributed by atoms with Gasteiger partial charge in [-0.25, -0.2) is 4.79 Å². The van der Waals surface area contributed by atoms with Crippen LogP contribution in [0.5, 0.6) is 0 Å². The number of fused-ring (bicyclic) bond motifs is 5. The predicted octanol–water partition coefficient (Wildman–Crippen LogP) is 2.98. The lowest BCUT2D eigenvalue weighted by molar-refractivity contribution is -0.314. The molecule has 0 aromatic rings. The van der Waals surface area contributed by atoms with Crippen molar-refractivity contribution in [3.63, 3.8) is 0 Å². The van der Waals surface area contributed by atoms with Gasteiger partial charge in [0.1, 0.15) is 22.9 Å². The second-order valence-electron chi connectivity index (χ2n) is 12.4. The number of aliphatic hydroxyl groups excluding tert-OH is 1. The number of ketones is 1. The monoisotopic (exact) mass is 490 g/mol. The first kappa shape index (κ1) is 26.5. The number of aliphatic hydroxyl groups is 4. The number of hydrogen-bond acceptors (Lipinski definition) is 7. The summed E-state index contributed by atoms with van der Waals surface area (Å²) in [5.74, 6) is -1.41. The van der Waals surface area contributed by atoms with Crippen molar-refractivity contribution in [1.82, 2.24) is 0 Å². The van der Waals surface area contributed by atoms with E-state index < -0.39 is 57.5 Å². The Morgan fingerprint density at radius 2 is 1.77 bits per heavy atom. The maximum atomic E-state index is 13.0. The molecule has 4 aliphatic carbocycles. The van der Waals surface area contributed by atoms with Gasteiger partial charge in [0.2, 0.25) is 0 Å². The summed E-state index contributed by atoms with van der Waals surface area (Å²) in [6, 6.07) is 0. The Morgan fingerprint density at radius 1 is 1.11 bits per heavy atom. The standard InChI is InChI=1S/C28H42O7/c1-16(2)17(3)13-23(31)35-22-15-21-24(5)9-8-20(30)14-19(24)7-10-27(21,33)28(34)12-11-26(32,18(4)29)25(22,28)6/h7,13,16,20-22,30,32-34H,8-12,14-15H2,1-6H3/b17-13+/t20-,21-,22-,24-,25+,26+,27+,28+/m0/s1. The largest absolute Gasteiger partial charge is 0.458 e. The number of carbonyl (C=O) groups excluding carboxylic acids is 2. The molecule has 0 amide bonds. The summed E-state index contributed by atoms with van der Waals surface area (Å²) in [6.45, 7) is 10.7. The molecule has 0 radical (unpaired) electrons. The highest BCUT2D eigenvalue weighted by molar-refractivity contribution is 5.87. The van der Waals surface area contributed by atoms with Crippen molar-refractivity contribution < 1.29 is 34.8 Å². The minimum absolute atomic E-state index is 0.0172.